The molecule has 0 radical (unpaired) electrons. The second-order valence-electron chi connectivity index (χ2n) is 5.24. The van der Waals surface area contributed by atoms with Gasteiger partial charge in [-0.3, -0.25) is 0 Å². The third-order valence-electron chi connectivity index (χ3n) is 3.75. The predicted molar refractivity (Wildman–Crippen MR) is 86.7 cm³/mol. The molecule has 7 heteroatoms. The van der Waals surface area contributed by atoms with E-state index in [4.69, 9.17) is 5.14 Å². The number of hydrogen-bond acceptors (Lipinski definition) is 3. The predicted octanol–water partition coefficient (Wildman–Crippen LogP) is 2.80. The summed E-state index contributed by atoms with van der Waals surface area (Å²) in [4.78, 5) is 2.15. The fourth-order valence-corrected chi connectivity index (χ4v) is 3.54. The van der Waals surface area contributed by atoms with Crippen LogP contribution in [0.15, 0.2) is 45.8 Å². The average molecular weight is 385 g/mol. The molecule has 0 bridgehead atoms. The van der Waals surface area contributed by atoms with Crippen LogP contribution in [0.4, 0.5) is 10.1 Å². The van der Waals surface area contributed by atoms with Gasteiger partial charge in [-0.15, -0.1) is 0 Å². The highest BCUT2D eigenvalue weighted by atomic mass is 79.9. The van der Waals surface area contributed by atoms with E-state index in [2.05, 4.69) is 15.9 Å². The first-order valence-corrected chi connectivity index (χ1v) is 9.03. The van der Waals surface area contributed by atoms with Gasteiger partial charge in [0.25, 0.3) is 0 Å². The Kier molecular flexibility index (Phi) is 3.96. The van der Waals surface area contributed by atoms with E-state index in [1.54, 1.807) is 24.3 Å². The van der Waals surface area contributed by atoms with Gasteiger partial charge in [-0.1, -0.05) is 22.0 Å². The average Bonchev–Trinajstić information content (AvgIpc) is 2.83. The van der Waals surface area contributed by atoms with Gasteiger partial charge in [0.2, 0.25) is 10.0 Å². The van der Waals surface area contributed by atoms with Crippen molar-refractivity contribution in [2.45, 2.75) is 17.9 Å². The monoisotopic (exact) mass is 384 g/mol. The maximum atomic E-state index is 13.9. The number of nitrogens with two attached hydrogens (primary N) is 1. The van der Waals surface area contributed by atoms with Gasteiger partial charge in [-0.2, -0.15) is 0 Å². The first-order chi connectivity index (χ1) is 10.3. The molecular formula is C15H14BrFN2O2S. The van der Waals surface area contributed by atoms with Gasteiger partial charge in [0.05, 0.1) is 4.90 Å². The summed E-state index contributed by atoms with van der Waals surface area (Å²) < 4.78 is 37.4. The van der Waals surface area contributed by atoms with E-state index in [-0.39, 0.29) is 10.7 Å². The van der Waals surface area contributed by atoms with Crippen LogP contribution in [0.25, 0.3) is 0 Å². The van der Waals surface area contributed by atoms with Crippen molar-refractivity contribution in [1.29, 1.82) is 0 Å². The van der Waals surface area contributed by atoms with E-state index in [1.165, 1.54) is 12.1 Å². The van der Waals surface area contributed by atoms with Crippen molar-refractivity contribution in [2.75, 3.05) is 11.4 Å². The molecule has 0 saturated heterocycles. The molecule has 0 atom stereocenters. The zero-order valence-electron chi connectivity index (χ0n) is 11.6. The molecule has 0 fully saturated rings. The van der Waals surface area contributed by atoms with Gasteiger partial charge in [-0.25, -0.2) is 17.9 Å². The molecule has 0 aliphatic carbocycles. The van der Waals surface area contributed by atoms with E-state index >= 15 is 0 Å². The second kappa shape index (κ2) is 5.64. The summed E-state index contributed by atoms with van der Waals surface area (Å²) in [5, 5.41) is 5.15. The Morgan fingerprint density at radius 2 is 2.00 bits per heavy atom. The summed E-state index contributed by atoms with van der Waals surface area (Å²) in [7, 11) is -3.70. The molecule has 0 saturated carbocycles. The van der Waals surface area contributed by atoms with E-state index in [1.807, 2.05) is 4.90 Å². The molecule has 0 aromatic heterocycles. The van der Waals surface area contributed by atoms with E-state index in [9.17, 15) is 12.8 Å². The van der Waals surface area contributed by atoms with Gasteiger partial charge in [-0.05, 0) is 42.3 Å². The number of sulfonamides is 1. The van der Waals surface area contributed by atoms with Crippen LogP contribution in [0.1, 0.15) is 11.1 Å². The van der Waals surface area contributed by atoms with E-state index in [0.29, 0.717) is 16.6 Å². The maximum absolute atomic E-state index is 13.9. The minimum Gasteiger partial charge on any atom is -0.367 e. The fourth-order valence-electron chi connectivity index (χ4n) is 2.64. The summed E-state index contributed by atoms with van der Waals surface area (Å²) in [6.45, 7) is 1.17. The van der Waals surface area contributed by atoms with Crippen molar-refractivity contribution in [3.05, 3.63) is 57.8 Å². The molecule has 2 N–H and O–H groups in total. The number of benzene rings is 2. The van der Waals surface area contributed by atoms with E-state index < -0.39 is 10.0 Å². The number of halogens is 2. The number of nitrogens with zero attached hydrogens (tertiary/aromatic N) is 1. The number of hydrogen-bond donors (Lipinski definition) is 1. The van der Waals surface area contributed by atoms with Gasteiger partial charge in [0.15, 0.2) is 0 Å². The Morgan fingerprint density at radius 1 is 1.23 bits per heavy atom. The van der Waals surface area contributed by atoms with Crippen LogP contribution in [0.3, 0.4) is 0 Å². The number of fused-ring (bicyclic) bond motifs is 1. The summed E-state index contributed by atoms with van der Waals surface area (Å²) in [5.74, 6) is -0.260. The second-order valence-corrected chi connectivity index (χ2v) is 7.72. The minimum absolute atomic E-state index is 0.114. The van der Waals surface area contributed by atoms with Crippen LogP contribution in [0.2, 0.25) is 0 Å². The Balaban J connectivity index is 1.89. The van der Waals surface area contributed by atoms with Gasteiger partial charge in [0, 0.05) is 28.8 Å². The number of anilines is 1. The smallest absolute Gasteiger partial charge is 0.238 e. The molecule has 4 nitrogen and oxygen atoms in total. The van der Waals surface area contributed by atoms with Crippen LogP contribution in [0, 0.1) is 5.82 Å². The third-order valence-corrected chi connectivity index (χ3v) is 5.15. The first kappa shape index (κ1) is 15.5. The maximum Gasteiger partial charge on any atom is 0.238 e. The molecule has 2 aromatic carbocycles. The summed E-state index contributed by atoms with van der Waals surface area (Å²) in [6.07, 6.45) is 0.719. The first-order valence-electron chi connectivity index (χ1n) is 6.69. The lowest BCUT2D eigenvalue weighted by atomic mass is 10.1. The molecule has 1 aliphatic heterocycles. The van der Waals surface area contributed by atoms with Crippen LogP contribution < -0.4 is 10.0 Å². The Morgan fingerprint density at radius 3 is 2.68 bits per heavy atom. The zero-order valence-corrected chi connectivity index (χ0v) is 14.0. The van der Waals surface area contributed by atoms with Crippen LogP contribution in [0.5, 0.6) is 0 Å². The molecule has 3 rings (SSSR count). The molecule has 1 aliphatic rings. The highest BCUT2D eigenvalue weighted by molar-refractivity contribution is 9.10. The largest absolute Gasteiger partial charge is 0.367 e. The highest BCUT2D eigenvalue weighted by Crippen LogP contribution is 2.31. The lowest BCUT2D eigenvalue weighted by molar-refractivity contribution is 0.597. The van der Waals surface area contributed by atoms with Crippen molar-refractivity contribution in [1.82, 2.24) is 0 Å². The van der Waals surface area contributed by atoms with Crippen LogP contribution in [-0.4, -0.2) is 15.0 Å². The quantitative estimate of drug-likeness (QED) is 0.884. The third kappa shape index (κ3) is 3.02. The normalized spacial score (nSPS) is 14.2. The molecule has 116 valence electrons. The topological polar surface area (TPSA) is 63.4 Å². The molecular weight excluding hydrogens is 371 g/mol. The van der Waals surface area contributed by atoms with Crippen molar-refractivity contribution in [3.63, 3.8) is 0 Å². The lowest BCUT2D eigenvalue weighted by Gasteiger charge is -2.20. The summed E-state index contributed by atoms with van der Waals surface area (Å²) in [5.41, 5.74) is 2.45. The lowest BCUT2D eigenvalue weighted by Crippen LogP contribution is -2.20. The van der Waals surface area contributed by atoms with Crippen LogP contribution >= 0.6 is 15.9 Å². The van der Waals surface area contributed by atoms with Crippen LogP contribution in [-0.2, 0) is 23.0 Å². The van der Waals surface area contributed by atoms with Crippen molar-refractivity contribution in [2.24, 2.45) is 5.14 Å². The Labute approximate surface area is 136 Å². The standard InChI is InChI=1S/C15H14BrFN2O2S/c16-12-2-1-11(14(17)8-12)9-19-6-5-10-7-13(22(18,20)21)3-4-15(10)19/h1-4,7-8H,5-6,9H2,(H2,18,20,21). The molecule has 22 heavy (non-hydrogen) atoms. The molecule has 0 unspecified atom stereocenters. The van der Waals surface area contributed by atoms with Gasteiger partial charge in [0.1, 0.15) is 5.82 Å². The summed E-state index contributed by atoms with van der Waals surface area (Å²) in [6, 6.07) is 9.82. The number of rotatable bonds is 3. The number of primary sulfonamides is 1. The van der Waals surface area contributed by atoms with Crippen molar-refractivity contribution >= 4 is 31.6 Å². The zero-order chi connectivity index (χ0) is 15.9. The minimum atomic E-state index is -3.70. The molecule has 1 heterocycles. The van der Waals surface area contributed by atoms with Gasteiger partial charge >= 0.3 is 0 Å². The van der Waals surface area contributed by atoms with E-state index in [0.717, 1.165) is 24.2 Å². The highest BCUT2D eigenvalue weighted by Gasteiger charge is 2.22. The Hall–Kier alpha value is -1.44. The van der Waals surface area contributed by atoms with Crippen molar-refractivity contribution < 1.29 is 12.8 Å². The SMILES string of the molecule is NS(=O)(=O)c1ccc2c(c1)CCN2Cc1ccc(Br)cc1F. The Bertz CT molecular complexity index is 839. The van der Waals surface area contributed by atoms with Gasteiger partial charge < -0.3 is 4.90 Å². The van der Waals surface area contributed by atoms with Crippen molar-refractivity contribution in [3.8, 4) is 0 Å². The fraction of sp³-hybridized carbons (Fsp3) is 0.200. The summed E-state index contributed by atoms with van der Waals surface area (Å²) >= 11 is 3.24. The molecule has 2 aromatic rings. The molecule has 0 amide bonds. The molecule has 0 spiro atoms.